The molecule has 1 unspecified atom stereocenters. The molecule has 0 aromatic heterocycles. The second-order valence-corrected chi connectivity index (χ2v) is 7.52. The van der Waals surface area contributed by atoms with Crippen molar-refractivity contribution in [1.29, 1.82) is 0 Å². The van der Waals surface area contributed by atoms with Crippen LogP contribution < -0.4 is 26.6 Å². The highest BCUT2D eigenvalue weighted by atomic mass is 79.9. The van der Waals surface area contributed by atoms with Crippen LogP contribution in [0.2, 0.25) is 0 Å². The molecular weight excluding hydrogens is 442 g/mol. The van der Waals surface area contributed by atoms with Gasteiger partial charge in [0.25, 0.3) is 11.6 Å². The van der Waals surface area contributed by atoms with Crippen LogP contribution in [-0.2, 0) is 5.72 Å². The Morgan fingerprint density at radius 2 is 1.72 bits per heavy atom. The summed E-state index contributed by atoms with van der Waals surface area (Å²) in [5, 5.41) is 11.7. The summed E-state index contributed by atoms with van der Waals surface area (Å²) in [5.41, 5.74) is 1.73. The van der Waals surface area contributed by atoms with E-state index in [1.165, 1.54) is 17.7 Å². The minimum absolute atomic E-state index is 0. The number of hydrogen-bond acceptors (Lipinski definition) is 3. The first-order valence-corrected chi connectivity index (χ1v) is 9.73. The first-order chi connectivity index (χ1) is 13.5. The first-order valence-electron chi connectivity index (χ1n) is 9.73. The highest BCUT2D eigenvalue weighted by Crippen LogP contribution is 2.36. The lowest BCUT2D eigenvalue weighted by Gasteiger charge is -2.23. The lowest BCUT2D eigenvalue weighted by molar-refractivity contribution is -0.658. The fraction of sp³-hybridized carbons (Fsp3) is 0.409. The molecule has 2 aromatic rings. The Bertz CT molecular complexity index is 871. The van der Waals surface area contributed by atoms with Crippen LogP contribution in [0.15, 0.2) is 48.5 Å². The second kappa shape index (κ2) is 8.79. The number of nitrogens with zero attached hydrogens (tertiary/aromatic N) is 2. The standard InChI is InChI=1S/C22H25F2N2O2.BrH/c1-16-6-10-18(11-7-16)25-15-22(27,26-14-4-2-3-5-20(25)26)17-8-12-19(13-9-17)28-21(23)24;/h6-13,21,27H,2-5,14-15H2,1H3;1H/q+1;/p-1. The average Bonchev–Trinajstić information content (AvgIpc) is 2.83. The van der Waals surface area contributed by atoms with E-state index < -0.39 is 12.3 Å². The van der Waals surface area contributed by atoms with Gasteiger partial charge < -0.3 is 26.8 Å². The molecule has 0 spiro atoms. The van der Waals surface area contributed by atoms with Crippen molar-refractivity contribution in [2.45, 2.75) is 44.9 Å². The summed E-state index contributed by atoms with van der Waals surface area (Å²) in [7, 11) is 0. The van der Waals surface area contributed by atoms with Crippen molar-refractivity contribution in [3.05, 3.63) is 59.7 Å². The molecule has 1 atom stereocenters. The van der Waals surface area contributed by atoms with Gasteiger partial charge in [-0.05, 0) is 62.6 Å². The fourth-order valence-corrected chi connectivity index (χ4v) is 4.19. The third-order valence-electron chi connectivity index (χ3n) is 5.62. The van der Waals surface area contributed by atoms with E-state index >= 15 is 0 Å². The molecule has 4 rings (SSSR count). The maximum atomic E-state index is 12.4. The maximum absolute atomic E-state index is 12.4. The molecule has 0 amide bonds. The van der Waals surface area contributed by atoms with Gasteiger partial charge in [-0.25, -0.2) is 9.48 Å². The number of aryl methyl sites for hydroxylation is 1. The number of benzene rings is 2. The summed E-state index contributed by atoms with van der Waals surface area (Å²) in [6.45, 7) is 0.366. The maximum Gasteiger partial charge on any atom is 0.387 e. The van der Waals surface area contributed by atoms with E-state index in [4.69, 9.17) is 0 Å². The lowest BCUT2D eigenvalue weighted by Crippen LogP contribution is -3.00. The van der Waals surface area contributed by atoms with E-state index in [0.717, 1.165) is 43.8 Å². The van der Waals surface area contributed by atoms with E-state index in [1.807, 2.05) is 0 Å². The molecule has 0 saturated heterocycles. The van der Waals surface area contributed by atoms with E-state index in [-0.39, 0.29) is 22.7 Å². The van der Waals surface area contributed by atoms with Gasteiger partial charge in [-0.15, -0.1) is 0 Å². The van der Waals surface area contributed by atoms with Crippen LogP contribution >= 0.6 is 0 Å². The normalized spacial score (nSPS) is 21.6. The SMILES string of the molecule is Cc1ccc(N2CC(O)(c3ccc(OC(F)F)cc3)[N+]3=C2CCCCC3)cc1.[Br-]. The number of alkyl halides is 2. The summed E-state index contributed by atoms with van der Waals surface area (Å²) in [4.78, 5) is 2.19. The number of ether oxygens (including phenoxy) is 1. The number of anilines is 1. The Morgan fingerprint density at radius 3 is 2.38 bits per heavy atom. The third kappa shape index (κ3) is 4.31. The highest BCUT2D eigenvalue weighted by Gasteiger charge is 2.51. The van der Waals surface area contributed by atoms with Crippen molar-refractivity contribution in [2.75, 3.05) is 18.0 Å². The van der Waals surface area contributed by atoms with Crippen LogP contribution in [0, 0.1) is 6.92 Å². The van der Waals surface area contributed by atoms with Gasteiger partial charge in [0.2, 0.25) is 0 Å². The molecule has 29 heavy (non-hydrogen) atoms. The van der Waals surface area contributed by atoms with Crippen molar-refractivity contribution >= 4 is 11.5 Å². The largest absolute Gasteiger partial charge is 1.00 e. The molecule has 2 aliphatic heterocycles. The van der Waals surface area contributed by atoms with Crippen LogP contribution in [-0.4, -0.2) is 35.2 Å². The van der Waals surface area contributed by atoms with Crippen molar-refractivity contribution in [3.63, 3.8) is 0 Å². The lowest BCUT2D eigenvalue weighted by atomic mass is 10.0. The number of rotatable bonds is 4. The molecule has 156 valence electrons. The molecule has 0 aliphatic carbocycles. The van der Waals surface area contributed by atoms with Gasteiger partial charge in [-0.1, -0.05) is 17.7 Å². The number of amidine groups is 1. The molecule has 4 nitrogen and oxygen atoms in total. The predicted molar refractivity (Wildman–Crippen MR) is 104 cm³/mol. The summed E-state index contributed by atoms with van der Waals surface area (Å²) < 4.78 is 31.4. The Morgan fingerprint density at radius 1 is 1.03 bits per heavy atom. The number of aliphatic hydroxyl groups is 1. The zero-order valence-electron chi connectivity index (χ0n) is 16.3. The second-order valence-electron chi connectivity index (χ2n) is 7.52. The Kier molecular flexibility index (Phi) is 6.58. The topological polar surface area (TPSA) is 35.7 Å². The van der Waals surface area contributed by atoms with Gasteiger partial charge >= 0.3 is 6.61 Å². The van der Waals surface area contributed by atoms with Gasteiger partial charge in [-0.3, -0.25) is 0 Å². The molecule has 2 heterocycles. The van der Waals surface area contributed by atoms with Crippen LogP contribution in [0.5, 0.6) is 5.75 Å². The molecule has 7 heteroatoms. The molecule has 0 bridgehead atoms. The van der Waals surface area contributed by atoms with Crippen LogP contribution in [0.3, 0.4) is 0 Å². The molecule has 1 N–H and O–H groups in total. The molecular formula is C22H25BrF2N2O2. The first kappa shape index (κ1) is 21.7. The van der Waals surface area contributed by atoms with Crippen LogP contribution in [0.4, 0.5) is 14.5 Å². The average molecular weight is 467 g/mol. The third-order valence-corrected chi connectivity index (χ3v) is 5.62. The van der Waals surface area contributed by atoms with Gasteiger partial charge in [0.05, 0.1) is 6.54 Å². The number of hydrogen-bond donors (Lipinski definition) is 1. The summed E-state index contributed by atoms with van der Waals surface area (Å²) >= 11 is 0. The van der Waals surface area contributed by atoms with Crippen molar-refractivity contribution in [3.8, 4) is 5.75 Å². The van der Waals surface area contributed by atoms with Gasteiger partial charge in [-0.2, -0.15) is 8.78 Å². The Hall–Kier alpha value is -1.99. The fourth-order valence-electron chi connectivity index (χ4n) is 4.19. The van der Waals surface area contributed by atoms with Crippen LogP contribution in [0.25, 0.3) is 0 Å². The molecule has 0 fully saturated rings. The Balaban J connectivity index is 0.00000240. The van der Waals surface area contributed by atoms with Gasteiger partial charge in [0, 0.05) is 12.0 Å². The monoisotopic (exact) mass is 466 g/mol. The molecule has 0 saturated carbocycles. The molecule has 2 aliphatic rings. The Labute approximate surface area is 180 Å². The van der Waals surface area contributed by atoms with E-state index in [0.29, 0.717) is 12.1 Å². The number of β-amino-alcohol motifs (C(OH)–C–C–N with tert-alkyl or cyclic N) is 1. The van der Waals surface area contributed by atoms with Gasteiger partial charge in [0.15, 0.2) is 6.54 Å². The van der Waals surface area contributed by atoms with E-state index in [9.17, 15) is 13.9 Å². The quantitative estimate of drug-likeness (QED) is 0.688. The summed E-state index contributed by atoms with van der Waals surface area (Å²) in [6, 6.07) is 14.7. The molecule has 2 aromatic carbocycles. The van der Waals surface area contributed by atoms with Crippen molar-refractivity contribution < 1.29 is 40.2 Å². The van der Waals surface area contributed by atoms with Crippen molar-refractivity contribution in [1.82, 2.24) is 0 Å². The van der Waals surface area contributed by atoms with Crippen molar-refractivity contribution in [2.24, 2.45) is 0 Å². The van der Waals surface area contributed by atoms with E-state index in [2.05, 4.69) is 45.4 Å². The summed E-state index contributed by atoms with van der Waals surface area (Å²) in [5.74, 6) is 1.22. The predicted octanol–water partition coefficient (Wildman–Crippen LogP) is 1.25. The number of halogens is 3. The minimum atomic E-state index is -2.86. The minimum Gasteiger partial charge on any atom is -1.00 e. The zero-order valence-corrected chi connectivity index (χ0v) is 17.9. The molecule has 0 radical (unpaired) electrons. The smallest absolute Gasteiger partial charge is 0.387 e. The zero-order chi connectivity index (χ0) is 19.7. The van der Waals surface area contributed by atoms with E-state index in [1.54, 1.807) is 12.1 Å². The van der Waals surface area contributed by atoms with Crippen LogP contribution in [0.1, 0.15) is 36.8 Å². The van der Waals surface area contributed by atoms with Gasteiger partial charge in [0.1, 0.15) is 11.4 Å². The summed E-state index contributed by atoms with van der Waals surface area (Å²) in [6.07, 6.45) is 4.13. The highest BCUT2D eigenvalue weighted by molar-refractivity contribution is 5.95.